The zero-order valence-corrected chi connectivity index (χ0v) is 10.5. The Morgan fingerprint density at radius 3 is 2.74 bits per heavy atom. The predicted molar refractivity (Wildman–Crippen MR) is 70.2 cm³/mol. The molecule has 1 aromatic carbocycles. The topological polar surface area (TPSA) is 61.2 Å². The lowest BCUT2D eigenvalue weighted by atomic mass is 9.84. The summed E-state index contributed by atoms with van der Waals surface area (Å²) >= 11 is 0. The van der Waals surface area contributed by atoms with Crippen LogP contribution in [0, 0.1) is 16.7 Å². The van der Waals surface area contributed by atoms with Crippen molar-refractivity contribution >= 4 is 11.7 Å². The molecule has 4 nitrogen and oxygen atoms in total. The summed E-state index contributed by atoms with van der Waals surface area (Å²) in [6, 6.07) is 10.8. The van der Waals surface area contributed by atoms with Crippen LogP contribution in [0.1, 0.15) is 16.8 Å². The Morgan fingerprint density at radius 2 is 2.16 bits per heavy atom. The van der Waals surface area contributed by atoms with Crippen LogP contribution in [-0.2, 0) is 4.79 Å². The van der Waals surface area contributed by atoms with E-state index in [2.05, 4.69) is 6.58 Å². The van der Waals surface area contributed by atoms with Crippen molar-refractivity contribution in [2.45, 2.75) is 6.42 Å². The van der Waals surface area contributed by atoms with Gasteiger partial charge in [0.25, 0.3) is 5.91 Å². The second-order valence-corrected chi connectivity index (χ2v) is 4.64. The number of nitriles is 1. The molecule has 1 saturated heterocycles. The molecule has 0 spiro atoms. The van der Waals surface area contributed by atoms with Gasteiger partial charge in [0.05, 0.1) is 12.6 Å². The number of likely N-dealkylation sites (tertiary alicyclic amines) is 1. The largest absolute Gasteiger partial charge is 0.329 e. The van der Waals surface area contributed by atoms with E-state index < -0.39 is 5.41 Å². The molecule has 0 saturated carbocycles. The van der Waals surface area contributed by atoms with Crippen LogP contribution in [0.4, 0.5) is 0 Å². The highest BCUT2D eigenvalue weighted by Gasteiger charge is 2.47. The van der Waals surface area contributed by atoms with E-state index >= 15 is 0 Å². The van der Waals surface area contributed by atoms with Gasteiger partial charge >= 0.3 is 0 Å². The highest BCUT2D eigenvalue weighted by atomic mass is 16.2. The average molecular weight is 254 g/mol. The number of nitrogens with zero attached hydrogens (tertiary/aromatic N) is 2. The van der Waals surface area contributed by atoms with E-state index in [0.717, 1.165) is 0 Å². The SMILES string of the molecule is C=CC[C@@]1(C#N)CN(C(=O)c2ccccc2)CC1=O. The minimum Gasteiger partial charge on any atom is -0.329 e. The first kappa shape index (κ1) is 13.0. The number of amides is 1. The first-order valence-corrected chi connectivity index (χ1v) is 6.03. The number of ketones is 1. The molecule has 0 radical (unpaired) electrons. The van der Waals surface area contributed by atoms with E-state index in [1.165, 1.54) is 4.90 Å². The Labute approximate surface area is 111 Å². The van der Waals surface area contributed by atoms with Crippen molar-refractivity contribution in [2.24, 2.45) is 5.41 Å². The number of rotatable bonds is 3. The third-order valence-electron chi connectivity index (χ3n) is 3.34. The Morgan fingerprint density at radius 1 is 1.47 bits per heavy atom. The zero-order chi connectivity index (χ0) is 13.9. The molecule has 1 aliphatic rings. The molecule has 0 aliphatic carbocycles. The lowest BCUT2D eigenvalue weighted by Crippen LogP contribution is -2.31. The molecule has 1 fully saturated rings. The monoisotopic (exact) mass is 254 g/mol. The first-order chi connectivity index (χ1) is 9.13. The van der Waals surface area contributed by atoms with Crippen LogP contribution in [0.25, 0.3) is 0 Å². The van der Waals surface area contributed by atoms with Gasteiger partial charge in [0, 0.05) is 12.1 Å². The van der Waals surface area contributed by atoms with Crippen molar-refractivity contribution in [3.8, 4) is 6.07 Å². The van der Waals surface area contributed by atoms with Crippen molar-refractivity contribution in [1.82, 2.24) is 4.90 Å². The molecular weight excluding hydrogens is 240 g/mol. The maximum absolute atomic E-state index is 12.2. The number of hydrogen-bond donors (Lipinski definition) is 0. The quantitative estimate of drug-likeness (QED) is 0.773. The summed E-state index contributed by atoms with van der Waals surface area (Å²) in [5.41, 5.74) is -0.589. The number of carbonyl (C=O) groups excluding carboxylic acids is 2. The Hall–Kier alpha value is -2.41. The van der Waals surface area contributed by atoms with E-state index in [9.17, 15) is 14.9 Å². The van der Waals surface area contributed by atoms with Gasteiger partial charge in [-0.1, -0.05) is 24.3 Å². The van der Waals surface area contributed by atoms with E-state index in [1.807, 2.05) is 12.1 Å². The highest BCUT2D eigenvalue weighted by Crippen LogP contribution is 2.31. The van der Waals surface area contributed by atoms with Crippen LogP contribution >= 0.6 is 0 Å². The van der Waals surface area contributed by atoms with E-state index in [4.69, 9.17) is 0 Å². The minimum absolute atomic E-state index is 0.00483. The molecule has 96 valence electrons. The third kappa shape index (κ3) is 2.27. The van der Waals surface area contributed by atoms with Crippen molar-refractivity contribution in [3.05, 3.63) is 48.6 Å². The smallest absolute Gasteiger partial charge is 0.254 e. The fraction of sp³-hybridized carbons (Fsp3) is 0.267. The van der Waals surface area contributed by atoms with Crippen LogP contribution in [0.3, 0.4) is 0 Å². The number of hydrogen-bond acceptors (Lipinski definition) is 3. The molecule has 0 unspecified atom stereocenters. The molecule has 1 aliphatic heterocycles. The van der Waals surface area contributed by atoms with Gasteiger partial charge in [-0.2, -0.15) is 5.26 Å². The van der Waals surface area contributed by atoms with Gasteiger partial charge in [-0.15, -0.1) is 6.58 Å². The molecule has 1 atom stereocenters. The summed E-state index contributed by atoms with van der Waals surface area (Å²) in [7, 11) is 0. The second-order valence-electron chi connectivity index (χ2n) is 4.64. The van der Waals surface area contributed by atoms with Crippen molar-refractivity contribution in [1.29, 1.82) is 5.26 Å². The summed E-state index contributed by atoms with van der Waals surface area (Å²) in [5, 5.41) is 9.23. The fourth-order valence-corrected chi connectivity index (χ4v) is 2.27. The summed E-state index contributed by atoms with van der Waals surface area (Å²) in [6.07, 6.45) is 1.83. The number of allylic oxidation sites excluding steroid dienone is 1. The molecule has 4 heteroatoms. The average Bonchev–Trinajstić information content (AvgIpc) is 2.77. The van der Waals surface area contributed by atoms with E-state index in [-0.39, 0.29) is 31.2 Å². The van der Waals surface area contributed by atoms with Gasteiger partial charge in [-0.05, 0) is 18.6 Å². The summed E-state index contributed by atoms with van der Waals surface area (Å²) < 4.78 is 0. The van der Waals surface area contributed by atoms with Gasteiger partial charge < -0.3 is 4.90 Å². The van der Waals surface area contributed by atoms with Gasteiger partial charge in [-0.25, -0.2) is 0 Å². The minimum atomic E-state index is -1.12. The third-order valence-corrected chi connectivity index (χ3v) is 3.34. The van der Waals surface area contributed by atoms with Crippen LogP contribution in [0.5, 0.6) is 0 Å². The molecule has 19 heavy (non-hydrogen) atoms. The van der Waals surface area contributed by atoms with Crippen LogP contribution in [-0.4, -0.2) is 29.7 Å². The Bertz CT molecular complexity index is 559. The normalized spacial score (nSPS) is 22.1. The first-order valence-electron chi connectivity index (χ1n) is 6.03. The maximum atomic E-state index is 12.2. The predicted octanol–water partition coefficient (Wildman–Crippen LogP) is 1.80. The lowest BCUT2D eigenvalue weighted by Gasteiger charge is -2.18. The highest BCUT2D eigenvalue weighted by molar-refractivity contribution is 6.01. The van der Waals surface area contributed by atoms with E-state index in [1.54, 1.807) is 30.3 Å². The summed E-state index contributed by atoms with van der Waals surface area (Å²) in [6.45, 7) is 3.71. The molecule has 1 amide bonds. The molecule has 0 aromatic heterocycles. The molecule has 2 rings (SSSR count). The van der Waals surface area contributed by atoms with Crippen LogP contribution in [0.15, 0.2) is 43.0 Å². The molecule has 1 heterocycles. The molecule has 0 N–H and O–H groups in total. The zero-order valence-electron chi connectivity index (χ0n) is 10.5. The number of benzene rings is 1. The van der Waals surface area contributed by atoms with Crippen LogP contribution in [0.2, 0.25) is 0 Å². The van der Waals surface area contributed by atoms with Gasteiger partial charge in [0.1, 0.15) is 5.41 Å². The Kier molecular flexibility index (Phi) is 3.48. The van der Waals surface area contributed by atoms with Gasteiger partial charge in [0.15, 0.2) is 5.78 Å². The molecule has 1 aromatic rings. The molecule has 0 bridgehead atoms. The number of Topliss-reactive ketones (excluding diaryl/α,β-unsaturated/α-hetero) is 1. The Balaban J connectivity index is 2.22. The molecular formula is C15H14N2O2. The maximum Gasteiger partial charge on any atom is 0.254 e. The standard InChI is InChI=1S/C15H14N2O2/c1-2-8-15(10-16)11-17(9-13(15)18)14(19)12-6-4-3-5-7-12/h2-7H,1,8-9,11H2/t15-/m1/s1. The number of carbonyl (C=O) groups is 2. The van der Waals surface area contributed by atoms with Crippen molar-refractivity contribution < 1.29 is 9.59 Å². The van der Waals surface area contributed by atoms with Crippen molar-refractivity contribution in [2.75, 3.05) is 13.1 Å². The van der Waals surface area contributed by atoms with Crippen molar-refractivity contribution in [3.63, 3.8) is 0 Å². The van der Waals surface area contributed by atoms with Gasteiger partial charge in [0.2, 0.25) is 0 Å². The van der Waals surface area contributed by atoms with E-state index in [0.29, 0.717) is 5.56 Å². The summed E-state index contributed by atoms with van der Waals surface area (Å²) in [5.74, 6) is -0.422. The second kappa shape index (κ2) is 5.07. The summed E-state index contributed by atoms with van der Waals surface area (Å²) in [4.78, 5) is 25.7. The fourth-order valence-electron chi connectivity index (χ4n) is 2.27. The van der Waals surface area contributed by atoms with Gasteiger partial charge in [-0.3, -0.25) is 9.59 Å². The lowest BCUT2D eigenvalue weighted by molar-refractivity contribution is -0.122. The van der Waals surface area contributed by atoms with Crippen LogP contribution < -0.4 is 0 Å².